The van der Waals surface area contributed by atoms with Crippen molar-refractivity contribution in [3.05, 3.63) is 47.0 Å². The van der Waals surface area contributed by atoms with Crippen LogP contribution in [0.4, 0.5) is 0 Å². The zero-order valence-electron chi connectivity index (χ0n) is 7.24. The monoisotopic (exact) mass is 194 g/mol. The van der Waals surface area contributed by atoms with Gasteiger partial charge in [0.25, 0.3) is 0 Å². The van der Waals surface area contributed by atoms with Crippen LogP contribution in [0.25, 0.3) is 0 Å². The number of rotatable bonds is 2. The van der Waals surface area contributed by atoms with E-state index in [2.05, 4.69) is 12.2 Å². The fourth-order valence-electron chi connectivity index (χ4n) is 1.42. The van der Waals surface area contributed by atoms with Gasteiger partial charge in [-0.2, -0.15) is 0 Å². The first-order valence-electron chi connectivity index (χ1n) is 4.37. The predicted molar refractivity (Wildman–Crippen MR) is 54.0 cm³/mol. The molecule has 2 rings (SSSR count). The fraction of sp³-hybridized carbons (Fsp3) is 0.273. The van der Waals surface area contributed by atoms with Crippen LogP contribution < -0.4 is 0 Å². The van der Waals surface area contributed by atoms with Gasteiger partial charge < -0.3 is 4.74 Å². The van der Waals surface area contributed by atoms with Crippen LogP contribution in [0, 0.1) is 0 Å². The largest absolute Gasteiger partial charge is 0.370 e. The van der Waals surface area contributed by atoms with Gasteiger partial charge in [0.1, 0.15) is 0 Å². The van der Waals surface area contributed by atoms with Gasteiger partial charge in [-0.25, -0.2) is 0 Å². The summed E-state index contributed by atoms with van der Waals surface area (Å²) in [6.07, 6.45) is 5.35. The molecule has 0 aliphatic carbocycles. The van der Waals surface area contributed by atoms with Gasteiger partial charge in [-0.3, -0.25) is 0 Å². The molecule has 0 bridgehead atoms. The van der Waals surface area contributed by atoms with Gasteiger partial charge in [0, 0.05) is 11.4 Å². The summed E-state index contributed by atoms with van der Waals surface area (Å²) >= 11 is 5.78. The zero-order chi connectivity index (χ0) is 9.10. The maximum absolute atomic E-state index is 5.78. The Labute approximate surface area is 83.0 Å². The minimum absolute atomic E-state index is 0.251. The van der Waals surface area contributed by atoms with Gasteiger partial charge in [0.05, 0.1) is 12.7 Å². The van der Waals surface area contributed by atoms with Crippen LogP contribution in [-0.4, -0.2) is 12.7 Å². The van der Waals surface area contributed by atoms with Crippen molar-refractivity contribution in [1.29, 1.82) is 0 Å². The summed E-state index contributed by atoms with van der Waals surface area (Å²) in [7, 11) is 0. The molecule has 0 saturated carbocycles. The number of hydrogen-bond acceptors (Lipinski definition) is 1. The molecule has 1 nitrogen and oxygen atoms in total. The first-order valence-corrected chi connectivity index (χ1v) is 4.75. The van der Waals surface area contributed by atoms with Crippen molar-refractivity contribution in [1.82, 2.24) is 0 Å². The summed E-state index contributed by atoms with van der Waals surface area (Å²) in [4.78, 5) is 0. The lowest BCUT2D eigenvalue weighted by Gasteiger charge is -2.07. The summed E-state index contributed by atoms with van der Waals surface area (Å²) in [5.74, 6) is 0. The highest BCUT2D eigenvalue weighted by Crippen LogP contribution is 2.14. The number of hydrogen-bond donors (Lipinski definition) is 0. The summed E-state index contributed by atoms with van der Waals surface area (Å²) in [6, 6.07) is 7.90. The van der Waals surface area contributed by atoms with Crippen LogP contribution in [0.3, 0.4) is 0 Å². The van der Waals surface area contributed by atoms with Crippen LogP contribution in [0.15, 0.2) is 36.4 Å². The average molecular weight is 195 g/mol. The van der Waals surface area contributed by atoms with E-state index in [9.17, 15) is 0 Å². The highest BCUT2D eigenvalue weighted by molar-refractivity contribution is 6.30. The Morgan fingerprint density at radius 3 is 2.69 bits per heavy atom. The molecule has 0 amide bonds. The van der Waals surface area contributed by atoms with E-state index >= 15 is 0 Å². The van der Waals surface area contributed by atoms with Crippen LogP contribution in [0.5, 0.6) is 0 Å². The molecule has 0 saturated heterocycles. The molecule has 1 aromatic rings. The van der Waals surface area contributed by atoms with Gasteiger partial charge in [-0.15, -0.1) is 0 Å². The van der Waals surface area contributed by atoms with E-state index in [0.717, 1.165) is 18.1 Å². The van der Waals surface area contributed by atoms with Crippen molar-refractivity contribution >= 4 is 11.6 Å². The minimum atomic E-state index is 0.251. The van der Waals surface area contributed by atoms with E-state index in [-0.39, 0.29) is 6.10 Å². The SMILES string of the molecule is Clc1ccc(C[C@H]2C=CCO2)cc1. The molecule has 2 heteroatoms. The Bertz CT molecular complexity index is 302. The normalized spacial score (nSPS) is 20.8. The van der Waals surface area contributed by atoms with Crippen molar-refractivity contribution in [2.75, 3.05) is 6.61 Å². The summed E-state index contributed by atoms with van der Waals surface area (Å²) in [6.45, 7) is 0.748. The minimum Gasteiger partial charge on any atom is -0.370 e. The third-order valence-corrected chi connectivity index (χ3v) is 2.36. The van der Waals surface area contributed by atoms with E-state index in [4.69, 9.17) is 16.3 Å². The summed E-state index contributed by atoms with van der Waals surface area (Å²) in [5, 5.41) is 0.784. The molecule has 0 spiro atoms. The number of halogens is 1. The van der Waals surface area contributed by atoms with E-state index in [1.165, 1.54) is 5.56 Å². The van der Waals surface area contributed by atoms with E-state index in [1.54, 1.807) is 0 Å². The van der Waals surface area contributed by atoms with Crippen LogP contribution >= 0.6 is 11.6 Å². The standard InChI is InChI=1S/C11H11ClO/c12-10-5-3-9(4-6-10)8-11-2-1-7-13-11/h1-6,11H,7-8H2/t11-/m1/s1. The Hall–Kier alpha value is -0.790. The van der Waals surface area contributed by atoms with E-state index in [1.807, 2.05) is 24.3 Å². The molecule has 13 heavy (non-hydrogen) atoms. The lowest BCUT2D eigenvalue weighted by atomic mass is 10.1. The molecule has 0 fully saturated rings. The van der Waals surface area contributed by atoms with E-state index in [0.29, 0.717) is 0 Å². The summed E-state index contributed by atoms with van der Waals surface area (Å²) in [5.41, 5.74) is 1.26. The summed E-state index contributed by atoms with van der Waals surface area (Å²) < 4.78 is 5.44. The topological polar surface area (TPSA) is 9.23 Å². The number of ether oxygens (including phenoxy) is 1. The third kappa shape index (κ3) is 2.33. The smallest absolute Gasteiger partial charge is 0.0801 e. The van der Waals surface area contributed by atoms with Crippen LogP contribution in [-0.2, 0) is 11.2 Å². The molecule has 0 N–H and O–H groups in total. The molecule has 1 heterocycles. The van der Waals surface area contributed by atoms with Gasteiger partial charge in [-0.05, 0) is 17.7 Å². The maximum atomic E-state index is 5.78. The molecule has 1 aromatic carbocycles. The number of benzene rings is 1. The van der Waals surface area contributed by atoms with Crippen LogP contribution in [0.2, 0.25) is 5.02 Å². The molecule has 0 aromatic heterocycles. The highest BCUT2D eigenvalue weighted by atomic mass is 35.5. The Balaban J connectivity index is 2.01. The first kappa shape index (κ1) is 8.79. The highest BCUT2D eigenvalue weighted by Gasteiger charge is 2.09. The molecular formula is C11H11ClO. The Morgan fingerprint density at radius 1 is 1.31 bits per heavy atom. The van der Waals surface area contributed by atoms with Gasteiger partial charge in [0.15, 0.2) is 0 Å². The molecule has 1 atom stereocenters. The maximum Gasteiger partial charge on any atom is 0.0801 e. The molecule has 1 aliphatic rings. The zero-order valence-corrected chi connectivity index (χ0v) is 8.00. The van der Waals surface area contributed by atoms with Crippen molar-refractivity contribution in [3.8, 4) is 0 Å². The second-order valence-corrected chi connectivity index (χ2v) is 3.57. The first-order chi connectivity index (χ1) is 6.34. The van der Waals surface area contributed by atoms with E-state index < -0.39 is 0 Å². The van der Waals surface area contributed by atoms with Gasteiger partial charge in [0.2, 0.25) is 0 Å². The van der Waals surface area contributed by atoms with Crippen molar-refractivity contribution < 1.29 is 4.74 Å². The lowest BCUT2D eigenvalue weighted by Crippen LogP contribution is -2.08. The Kier molecular flexibility index (Phi) is 2.67. The fourth-order valence-corrected chi connectivity index (χ4v) is 1.55. The second kappa shape index (κ2) is 3.95. The quantitative estimate of drug-likeness (QED) is 0.658. The van der Waals surface area contributed by atoms with Crippen molar-refractivity contribution in [3.63, 3.8) is 0 Å². The van der Waals surface area contributed by atoms with Gasteiger partial charge in [-0.1, -0.05) is 35.9 Å². The van der Waals surface area contributed by atoms with Crippen LogP contribution in [0.1, 0.15) is 5.56 Å². The van der Waals surface area contributed by atoms with Gasteiger partial charge >= 0.3 is 0 Å². The van der Waals surface area contributed by atoms with Crippen molar-refractivity contribution in [2.24, 2.45) is 0 Å². The lowest BCUT2D eigenvalue weighted by molar-refractivity contribution is 0.128. The molecule has 1 aliphatic heterocycles. The van der Waals surface area contributed by atoms with Crippen molar-refractivity contribution in [2.45, 2.75) is 12.5 Å². The third-order valence-electron chi connectivity index (χ3n) is 2.11. The molecular weight excluding hydrogens is 184 g/mol. The molecule has 0 unspecified atom stereocenters. The molecule has 68 valence electrons. The Morgan fingerprint density at radius 2 is 2.08 bits per heavy atom. The average Bonchev–Trinajstić information content (AvgIpc) is 2.62. The molecule has 0 radical (unpaired) electrons. The second-order valence-electron chi connectivity index (χ2n) is 3.13. The predicted octanol–water partition coefficient (Wildman–Crippen LogP) is 2.84.